The number of aryl methyl sites for hydroxylation is 1. The molecule has 0 saturated carbocycles. The van der Waals surface area contributed by atoms with Crippen molar-refractivity contribution >= 4 is 17.0 Å². The van der Waals surface area contributed by atoms with Crippen LogP contribution in [0.2, 0.25) is 0 Å². The minimum absolute atomic E-state index is 0.0151. The Morgan fingerprint density at radius 3 is 2.47 bits per heavy atom. The number of nitrogens with zero attached hydrogens (tertiary/aromatic N) is 6. The first-order valence-electron chi connectivity index (χ1n) is 8.69. The van der Waals surface area contributed by atoms with Gasteiger partial charge in [-0.25, -0.2) is 0 Å². The van der Waals surface area contributed by atoms with Crippen LogP contribution in [0.3, 0.4) is 0 Å². The normalized spacial score (nSPS) is 10.9. The summed E-state index contributed by atoms with van der Waals surface area (Å²) in [5, 5.41) is 35.1. The molecule has 11 heteroatoms. The average molecular weight is 406 g/mol. The number of rotatable bonds is 5. The fourth-order valence-corrected chi connectivity index (χ4v) is 3.06. The van der Waals surface area contributed by atoms with Gasteiger partial charge >= 0.3 is 0 Å². The summed E-state index contributed by atoms with van der Waals surface area (Å²) in [6, 6.07) is 12.3. The molecule has 30 heavy (non-hydrogen) atoms. The van der Waals surface area contributed by atoms with Gasteiger partial charge in [0.25, 0.3) is 11.4 Å². The largest absolute Gasteiger partial charge is 0.496 e. The van der Waals surface area contributed by atoms with E-state index in [1.165, 1.54) is 35.9 Å². The second-order valence-corrected chi connectivity index (χ2v) is 6.41. The zero-order valence-electron chi connectivity index (χ0n) is 15.8. The van der Waals surface area contributed by atoms with Crippen molar-refractivity contribution in [1.29, 1.82) is 0 Å². The van der Waals surface area contributed by atoms with Crippen LogP contribution in [0.1, 0.15) is 5.56 Å². The number of fused-ring (bicyclic) bond motifs is 1. The molecule has 0 aliphatic heterocycles. The molecule has 11 nitrogen and oxygen atoms in total. The first-order valence-corrected chi connectivity index (χ1v) is 8.69. The molecule has 4 aromatic rings. The summed E-state index contributed by atoms with van der Waals surface area (Å²) in [6.45, 7) is 1.66. The molecule has 150 valence electrons. The summed E-state index contributed by atoms with van der Waals surface area (Å²) >= 11 is 0. The Bertz CT molecular complexity index is 1320. The number of ether oxygens (including phenoxy) is 1. The van der Waals surface area contributed by atoms with Gasteiger partial charge in [0.2, 0.25) is 0 Å². The molecule has 0 saturated heterocycles. The molecule has 0 bridgehead atoms. The van der Waals surface area contributed by atoms with Gasteiger partial charge in [-0.1, -0.05) is 12.1 Å². The van der Waals surface area contributed by atoms with Crippen molar-refractivity contribution in [3.05, 3.63) is 74.3 Å². The lowest BCUT2D eigenvalue weighted by atomic mass is 10.1. The van der Waals surface area contributed by atoms with Crippen LogP contribution in [-0.2, 0) is 0 Å². The minimum atomic E-state index is -0.517. The van der Waals surface area contributed by atoms with Crippen LogP contribution in [0.25, 0.3) is 28.3 Å². The van der Waals surface area contributed by atoms with Crippen molar-refractivity contribution in [2.24, 2.45) is 0 Å². The highest BCUT2D eigenvalue weighted by atomic mass is 16.6. The van der Waals surface area contributed by atoms with E-state index in [-0.39, 0.29) is 17.2 Å². The molecule has 0 atom stereocenters. The number of benzene rings is 2. The van der Waals surface area contributed by atoms with Gasteiger partial charge in [-0.2, -0.15) is 9.61 Å². The third-order valence-corrected chi connectivity index (χ3v) is 4.60. The van der Waals surface area contributed by atoms with E-state index in [0.717, 1.165) is 0 Å². The van der Waals surface area contributed by atoms with E-state index < -0.39 is 9.85 Å². The summed E-state index contributed by atoms with van der Waals surface area (Å²) in [7, 11) is 1.44. The molecule has 0 amide bonds. The summed E-state index contributed by atoms with van der Waals surface area (Å²) in [5.41, 5.74) is 2.14. The van der Waals surface area contributed by atoms with Crippen LogP contribution >= 0.6 is 0 Å². The topological polar surface area (TPSA) is 139 Å². The number of non-ortho nitro benzene ring substituents is 1. The van der Waals surface area contributed by atoms with Crippen molar-refractivity contribution in [3.8, 4) is 28.4 Å². The first kappa shape index (κ1) is 18.9. The highest BCUT2D eigenvalue weighted by molar-refractivity contribution is 5.70. The van der Waals surface area contributed by atoms with Crippen LogP contribution in [0.4, 0.5) is 11.4 Å². The Morgan fingerprint density at radius 2 is 1.77 bits per heavy atom. The Morgan fingerprint density at radius 1 is 0.967 bits per heavy atom. The Labute approximate surface area is 168 Å². The van der Waals surface area contributed by atoms with Crippen LogP contribution in [0.5, 0.6) is 5.75 Å². The van der Waals surface area contributed by atoms with E-state index in [1.807, 2.05) is 0 Å². The number of hydrogen-bond donors (Lipinski definition) is 0. The van der Waals surface area contributed by atoms with Gasteiger partial charge in [0.15, 0.2) is 11.5 Å². The average Bonchev–Trinajstić information content (AvgIpc) is 3.16. The third-order valence-electron chi connectivity index (χ3n) is 4.60. The Balaban J connectivity index is 1.90. The van der Waals surface area contributed by atoms with E-state index in [4.69, 9.17) is 4.74 Å². The second-order valence-electron chi connectivity index (χ2n) is 6.41. The van der Waals surface area contributed by atoms with Crippen LogP contribution < -0.4 is 4.74 Å². The number of aromatic nitrogens is 4. The van der Waals surface area contributed by atoms with Gasteiger partial charge in [0, 0.05) is 29.3 Å². The minimum Gasteiger partial charge on any atom is -0.496 e. The van der Waals surface area contributed by atoms with E-state index in [1.54, 1.807) is 31.2 Å². The van der Waals surface area contributed by atoms with Gasteiger partial charge < -0.3 is 4.74 Å². The smallest absolute Gasteiger partial charge is 0.272 e. The van der Waals surface area contributed by atoms with Crippen molar-refractivity contribution in [2.75, 3.05) is 7.11 Å². The Kier molecular flexibility index (Phi) is 4.54. The SMILES string of the molecule is COc1ccc([N+](=O)[O-])cc1-c1nnc2ccc(-c3ccc(C)c([N+](=O)[O-])c3)nn12. The summed E-state index contributed by atoms with van der Waals surface area (Å²) in [5.74, 6) is 0.613. The van der Waals surface area contributed by atoms with Gasteiger partial charge in [-0.3, -0.25) is 20.2 Å². The highest BCUT2D eigenvalue weighted by Crippen LogP contribution is 2.33. The predicted octanol–water partition coefficient (Wildman–Crippen LogP) is 3.59. The number of methoxy groups -OCH3 is 1. The van der Waals surface area contributed by atoms with Crippen molar-refractivity contribution in [3.63, 3.8) is 0 Å². The number of hydrogen-bond acceptors (Lipinski definition) is 8. The lowest BCUT2D eigenvalue weighted by molar-refractivity contribution is -0.385. The van der Waals surface area contributed by atoms with Crippen molar-refractivity contribution in [2.45, 2.75) is 6.92 Å². The monoisotopic (exact) mass is 406 g/mol. The van der Waals surface area contributed by atoms with Gasteiger partial charge in [0.1, 0.15) is 5.75 Å². The summed E-state index contributed by atoms with van der Waals surface area (Å²) < 4.78 is 6.74. The molecule has 0 radical (unpaired) electrons. The fraction of sp³-hybridized carbons (Fsp3) is 0.105. The molecule has 2 aromatic heterocycles. The Hall–Kier alpha value is -4.41. The first-order chi connectivity index (χ1) is 14.4. The molecule has 0 spiro atoms. The van der Waals surface area contributed by atoms with Crippen LogP contribution in [-0.4, -0.2) is 36.8 Å². The van der Waals surface area contributed by atoms with Crippen LogP contribution in [0, 0.1) is 27.2 Å². The molecule has 0 N–H and O–H groups in total. The lowest BCUT2D eigenvalue weighted by Crippen LogP contribution is -2.00. The fourth-order valence-electron chi connectivity index (χ4n) is 3.06. The van der Waals surface area contributed by atoms with E-state index in [0.29, 0.717) is 33.8 Å². The second kappa shape index (κ2) is 7.20. The summed E-state index contributed by atoms with van der Waals surface area (Å²) in [4.78, 5) is 21.5. The lowest BCUT2D eigenvalue weighted by Gasteiger charge is -2.08. The number of nitro benzene ring substituents is 2. The maximum absolute atomic E-state index is 11.3. The van der Waals surface area contributed by atoms with E-state index in [2.05, 4.69) is 15.3 Å². The molecule has 2 aromatic carbocycles. The standard InChI is InChI=1S/C19H14N6O5/c1-11-3-4-12(9-16(11)25(28)29)15-6-8-18-20-21-19(23(18)22-15)14-10-13(24(26)27)5-7-17(14)30-2/h3-10H,1-2H3. The van der Waals surface area contributed by atoms with Crippen LogP contribution in [0.15, 0.2) is 48.5 Å². The van der Waals surface area contributed by atoms with E-state index >= 15 is 0 Å². The zero-order chi connectivity index (χ0) is 21.4. The highest BCUT2D eigenvalue weighted by Gasteiger charge is 2.19. The molecule has 2 heterocycles. The molecular weight excluding hydrogens is 392 g/mol. The number of nitro groups is 2. The maximum Gasteiger partial charge on any atom is 0.272 e. The van der Waals surface area contributed by atoms with E-state index in [9.17, 15) is 20.2 Å². The van der Waals surface area contributed by atoms with Crippen molar-refractivity contribution < 1.29 is 14.6 Å². The van der Waals surface area contributed by atoms with Crippen molar-refractivity contribution in [1.82, 2.24) is 19.8 Å². The molecule has 0 aliphatic carbocycles. The zero-order valence-corrected chi connectivity index (χ0v) is 15.8. The third kappa shape index (κ3) is 3.17. The predicted molar refractivity (Wildman–Crippen MR) is 106 cm³/mol. The molecule has 0 aliphatic rings. The molecule has 4 rings (SSSR count). The van der Waals surface area contributed by atoms with Gasteiger partial charge in [0.05, 0.1) is 28.2 Å². The van der Waals surface area contributed by atoms with Gasteiger partial charge in [-0.05, 0) is 25.1 Å². The quantitative estimate of drug-likeness (QED) is 0.362. The molecular formula is C19H14N6O5. The molecule has 0 fully saturated rings. The van der Waals surface area contributed by atoms with Gasteiger partial charge in [-0.15, -0.1) is 10.2 Å². The summed E-state index contributed by atoms with van der Waals surface area (Å²) in [6.07, 6.45) is 0. The molecule has 0 unspecified atom stereocenters. The maximum atomic E-state index is 11.3.